The van der Waals surface area contributed by atoms with Crippen molar-refractivity contribution >= 4 is 21.6 Å². The molecule has 1 saturated carbocycles. The van der Waals surface area contributed by atoms with Gasteiger partial charge in [0.05, 0.1) is 4.90 Å². The summed E-state index contributed by atoms with van der Waals surface area (Å²) in [5.41, 5.74) is 2.76. The summed E-state index contributed by atoms with van der Waals surface area (Å²) in [6.45, 7) is 3.01. The van der Waals surface area contributed by atoms with Gasteiger partial charge >= 0.3 is 0 Å². The van der Waals surface area contributed by atoms with Crippen LogP contribution in [0.25, 0.3) is 0 Å². The maximum Gasteiger partial charge on any atom is 0.240 e. The number of benzene rings is 2. The summed E-state index contributed by atoms with van der Waals surface area (Å²) in [6, 6.07) is 12.6. The molecule has 148 valence electrons. The minimum absolute atomic E-state index is 0.157. The number of rotatable bonds is 7. The van der Waals surface area contributed by atoms with Crippen molar-refractivity contribution < 1.29 is 17.9 Å². The number of fused-ring (bicyclic) bond motifs is 1. The first-order valence-electron chi connectivity index (χ1n) is 9.58. The van der Waals surface area contributed by atoms with Crippen LogP contribution in [0.3, 0.4) is 0 Å². The maximum atomic E-state index is 12.6. The van der Waals surface area contributed by atoms with Gasteiger partial charge in [0.15, 0.2) is 0 Å². The lowest BCUT2D eigenvalue weighted by atomic mass is 10.2. The summed E-state index contributed by atoms with van der Waals surface area (Å²) >= 11 is 0. The number of nitrogens with zero attached hydrogens (tertiary/aromatic N) is 1. The molecule has 1 N–H and O–H groups in total. The molecule has 0 bridgehead atoms. The van der Waals surface area contributed by atoms with Gasteiger partial charge in [-0.1, -0.05) is 18.2 Å². The van der Waals surface area contributed by atoms with E-state index < -0.39 is 10.0 Å². The molecule has 0 saturated heterocycles. The molecule has 0 aromatic heterocycles. The number of hydrogen-bond acceptors (Lipinski definition) is 4. The Labute approximate surface area is 165 Å². The number of sulfonamides is 1. The van der Waals surface area contributed by atoms with Crippen LogP contribution in [-0.2, 0) is 21.2 Å². The van der Waals surface area contributed by atoms with Crippen LogP contribution in [0.4, 0.5) is 5.69 Å². The molecule has 1 fully saturated rings. The van der Waals surface area contributed by atoms with E-state index >= 15 is 0 Å². The van der Waals surface area contributed by atoms with Gasteiger partial charge in [0.1, 0.15) is 12.4 Å². The smallest absolute Gasteiger partial charge is 0.240 e. The van der Waals surface area contributed by atoms with E-state index in [0.717, 1.165) is 35.4 Å². The van der Waals surface area contributed by atoms with Crippen LogP contribution in [0, 0.1) is 12.8 Å². The molecule has 2 aromatic carbocycles. The van der Waals surface area contributed by atoms with E-state index in [1.54, 1.807) is 23.1 Å². The molecule has 1 heterocycles. The summed E-state index contributed by atoms with van der Waals surface area (Å²) in [4.78, 5) is 14.4. The lowest BCUT2D eigenvalue weighted by molar-refractivity contribution is -0.119. The number of carbonyl (C=O) groups is 1. The molecule has 1 aliphatic carbocycles. The summed E-state index contributed by atoms with van der Waals surface area (Å²) in [5.74, 6) is 1.07. The monoisotopic (exact) mass is 400 g/mol. The maximum absolute atomic E-state index is 12.6. The first-order chi connectivity index (χ1) is 13.5. The predicted octanol–water partition coefficient (Wildman–Crippen LogP) is 2.65. The van der Waals surface area contributed by atoms with Crippen molar-refractivity contribution in [2.24, 2.45) is 5.92 Å². The Hall–Kier alpha value is -2.38. The van der Waals surface area contributed by atoms with Crippen molar-refractivity contribution in [1.82, 2.24) is 4.72 Å². The fourth-order valence-electron chi connectivity index (χ4n) is 3.46. The molecular formula is C21H24N2O4S. The van der Waals surface area contributed by atoms with Crippen LogP contribution in [0.2, 0.25) is 0 Å². The number of ether oxygens (including phenoxy) is 1. The number of amides is 1. The molecule has 2 aromatic rings. The lowest BCUT2D eigenvalue weighted by Gasteiger charge is -2.17. The molecule has 0 radical (unpaired) electrons. The molecule has 1 aliphatic heterocycles. The van der Waals surface area contributed by atoms with E-state index in [1.807, 2.05) is 31.2 Å². The zero-order valence-electron chi connectivity index (χ0n) is 15.8. The molecule has 4 rings (SSSR count). The van der Waals surface area contributed by atoms with Crippen molar-refractivity contribution in [2.45, 2.75) is 31.1 Å². The Kier molecular flexibility index (Phi) is 5.12. The quantitative estimate of drug-likeness (QED) is 0.725. The molecule has 0 atom stereocenters. The molecule has 0 unspecified atom stereocenters. The normalized spacial score (nSPS) is 16.1. The van der Waals surface area contributed by atoms with Gasteiger partial charge in [0.25, 0.3) is 0 Å². The van der Waals surface area contributed by atoms with E-state index in [0.29, 0.717) is 13.0 Å². The van der Waals surface area contributed by atoms with Crippen LogP contribution in [0.5, 0.6) is 5.75 Å². The Morgan fingerprint density at radius 3 is 2.75 bits per heavy atom. The van der Waals surface area contributed by atoms with E-state index in [1.165, 1.54) is 0 Å². The number of aryl methyl sites for hydroxylation is 1. The van der Waals surface area contributed by atoms with Crippen LogP contribution < -0.4 is 14.4 Å². The fraction of sp³-hybridized carbons (Fsp3) is 0.381. The van der Waals surface area contributed by atoms with E-state index in [9.17, 15) is 13.2 Å². The third kappa shape index (κ3) is 3.91. The second-order valence-electron chi connectivity index (χ2n) is 7.32. The van der Waals surface area contributed by atoms with Gasteiger partial charge in [-0.15, -0.1) is 0 Å². The van der Waals surface area contributed by atoms with Crippen LogP contribution >= 0.6 is 0 Å². The van der Waals surface area contributed by atoms with Gasteiger partial charge in [0.2, 0.25) is 15.9 Å². The summed E-state index contributed by atoms with van der Waals surface area (Å²) < 4.78 is 33.4. The average Bonchev–Trinajstić information content (AvgIpc) is 3.45. The van der Waals surface area contributed by atoms with Gasteiger partial charge < -0.3 is 9.64 Å². The van der Waals surface area contributed by atoms with Gasteiger partial charge in [-0.3, -0.25) is 4.79 Å². The highest BCUT2D eigenvalue weighted by Crippen LogP contribution is 2.37. The van der Waals surface area contributed by atoms with Gasteiger partial charge in [0, 0.05) is 24.7 Å². The van der Waals surface area contributed by atoms with Gasteiger partial charge in [-0.05, 0) is 61.6 Å². The minimum Gasteiger partial charge on any atom is -0.492 e. The number of para-hydroxylation sites is 1. The Bertz CT molecular complexity index is 999. The van der Waals surface area contributed by atoms with Gasteiger partial charge in [-0.2, -0.15) is 0 Å². The van der Waals surface area contributed by atoms with Crippen molar-refractivity contribution in [3.63, 3.8) is 0 Å². The highest BCUT2D eigenvalue weighted by molar-refractivity contribution is 7.89. The third-order valence-corrected chi connectivity index (χ3v) is 6.65. The second-order valence-corrected chi connectivity index (χ2v) is 9.08. The van der Waals surface area contributed by atoms with Crippen molar-refractivity contribution in [3.05, 3.63) is 53.6 Å². The van der Waals surface area contributed by atoms with Crippen molar-refractivity contribution in [1.29, 1.82) is 0 Å². The zero-order chi connectivity index (χ0) is 19.7. The number of anilines is 1. The molecule has 0 spiro atoms. The minimum atomic E-state index is -3.62. The van der Waals surface area contributed by atoms with E-state index in [4.69, 9.17) is 4.74 Å². The molecule has 7 heteroatoms. The summed E-state index contributed by atoms with van der Waals surface area (Å²) in [6.07, 6.45) is 2.62. The SMILES string of the molecule is Cc1ccccc1OCCNS(=O)(=O)c1ccc2c(c1)CCN2C(=O)C1CC1. The lowest BCUT2D eigenvalue weighted by Crippen LogP contribution is -2.30. The first-order valence-corrected chi connectivity index (χ1v) is 11.1. The predicted molar refractivity (Wildman–Crippen MR) is 107 cm³/mol. The second kappa shape index (κ2) is 7.56. The molecule has 2 aliphatic rings. The summed E-state index contributed by atoms with van der Waals surface area (Å²) in [5, 5.41) is 0. The Balaban J connectivity index is 1.38. The average molecular weight is 401 g/mol. The highest BCUT2D eigenvalue weighted by Gasteiger charge is 2.36. The zero-order valence-corrected chi connectivity index (χ0v) is 16.7. The first kappa shape index (κ1) is 19.0. The molecular weight excluding hydrogens is 376 g/mol. The molecule has 6 nitrogen and oxygen atoms in total. The van der Waals surface area contributed by atoms with Crippen molar-refractivity contribution in [3.8, 4) is 5.75 Å². The standard InChI is InChI=1S/C21H24N2O4S/c1-15-4-2-3-5-20(15)27-13-11-22-28(25,26)18-8-9-19-17(14-18)10-12-23(19)21(24)16-6-7-16/h2-5,8-9,14,16,22H,6-7,10-13H2,1H3. The largest absolute Gasteiger partial charge is 0.492 e. The Morgan fingerprint density at radius 2 is 2.00 bits per heavy atom. The fourth-order valence-corrected chi connectivity index (χ4v) is 4.53. The third-order valence-electron chi connectivity index (χ3n) is 5.19. The summed E-state index contributed by atoms with van der Waals surface area (Å²) in [7, 11) is -3.62. The number of hydrogen-bond donors (Lipinski definition) is 1. The van der Waals surface area contributed by atoms with Crippen LogP contribution in [-0.4, -0.2) is 34.0 Å². The molecule has 1 amide bonds. The van der Waals surface area contributed by atoms with Crippen molar-refractivity contribution in [2.75, 3.05) is 24.6 Å². The highest BCUT2D eigenvalue weighted by atomic mass is 32.2. The number of nitrogens with one attached hydrogen (secondary N) is 1. The van der Waals surface area contributed by atoms with Crippen LogP contribution in [0.1, 0.15) is 24.0 Å². The van der Waals surface area contributed by atoms with Crippen LogP contribution in [0.15, 0.2) is 47.4 Å². The molecule has 28 heavy (non-hydrogen) atoms. The van der Waals surface area contributed by atoms with Gasteiger partial charge in [-0.25, -0.2) is 13.1 Å². The van der Waals surface area contributed by atoms with E-state index in [2.05, 4.69) is 4.72 Å². The topological polar surface area (TPSA) is 75.7 Å². The Morgan fingerprint density at radius 1 is 1.21 bits per heavy atom. The van der Waals surface area contributed by atoms with E-state index in [-0.39, 0.29) is 29.9 Å². The number of carbonyl (C=O) groups excluding carboxylic acids is 1.